The van der Waals surface area contributed by atoms with Gasteiger partial charge in [-0.15, -0.1) is 0 Å². The molecular formula is C19H29N3O3S2. The molecule has 2 rings (SSSR count). The number of piperidine rings is 1. The van der Waals surface area contributed by atoms with Crippen molar-refractivity contribution in [3.8, 4) is 0 Å². The number of carbonyl (C=O) groups excluding carboxylic acids is 1. The molecule has 0 saturated carbocycles. The highest BCUT2D eigenvalue weighted by atomic mass is 32.2. The van der Waals surface area contributed by atoms with Gasteiger partial charge in [-0.2, -0.15) is 4.31 Å². The number of rotatable bonds is 8. The molecule has 6 nitrogen and oxygen atoms in total. The summed E-state index contributed by atoms with van der Waals surface area (Å²) >= 11 is 5.15. The molecule has 8 heteroatoms. The predicted octanol–water partition coefficient (Wildman–Crippen LogP) is 3.64. The van der Waals surface area contributed by atoms with E-state index in [-0.39, 0.29) is 15.9 Å². The molecule has 0 atom stereocenters. The van der Waals surface area contributed by atoms with Gasteiger partial charge in [0.2, 0.25) is 15.9 Å². The zero-order valence-electron chi connectivity index (χ0n) is 15.9. The van der Waals surface area contributed by atoms with E-state index in [4.69, 9.17) is 12.2 Å². The number of hydrogen-bond donors (Lipinski definition) is 2. The Balaban J connectivity index is 1.86. The van der Waals surface area contributed by atoms with Crippen LogP contribution in [0.1, 0.15) is 58.3 Å². The number of nitrogens with one attached hydrogen (secondary N) is 2. The van der Waals surface area contributed by atoms with Crippen molar-refractivity contribution in [2.45, 2.75) is 63.2 Å². The topological polar surface area (TPSA) is 78.5 Å². The van der Waals surface area contributed by atoms with E-state index in [1.165, 1.54) is 0 Å². The van der Waals surface area contributed by atoms with Crippen molar-refractivity contribution in [3.05, 3.63) is 24.3 Å². The highest BCUT2D eigenvalue weighted by Gasteiger charge is 2.25. The molecule has 1 aliphatic heterocycles. The summed E-state index contributed by atoms with van der Waals surface area (Å²) in [6.07, 6.45) is 7.50. The molecule has 150 valence electrons. The van der Waals surface area contributed by atoms with E-state index >= 15 is 0 Å². The monoisotopic (exact) mass is 411 g/mol. The second kappa shape index (κ2) is 10.7. The molecule has 1 heterocycles. The van der Waals surface area contributed by atoms with Crippen LogP contribution < -0.4 is 10.6 Å². The molecule has 2 N–H and O–H groups in total. The van der Waals surface area contributed by atoms with E-state index in [9.17, 15) is 13.2 Å². The first-order valence-corrected chi connectivity index (χ1v) is 11.5. The lowest BCUT2D eigenvalue weighted by Gasteiger charge is -2.25. The van der Waals surface area contributed by atoms with Gasteiger partial charge in [0.05, 0.1) is 4.90 Å². The van der Waals surface area contributed by atoms with Crippen molar-refractivity contribution in [2.75, 3.05) is 18.4 Å². The smallest absolute Gasteiger partial charge is 0.243 e. The van der Waals surface area contributed by atoms with Crippen LogP contribution in [0.3, 0.4) is 0 Å². The van der Waals surface area contributed by atoms with Crippen molar-refractivity contribution in [1.29, 1.82) is 0 Å². The first-order valence-electron chi connectivity index (χ1n) is 9.64. The lowest BCUT2D eigenvalue weighted by Crippen LogP contribution is -2.35. The third kappa shape index (κ3) is 6.86. The number of benzene rings is 1. The van der Waals surface area contributed by atoms with Gasteiger partial charge in [0, 0.05) is 25.2 Å². The minimum Gasteiger partial charge on any atom is -0.332 e. The average Bonchev–Trinajstić information content (AvgIpc) is 2.66. The van der Waals surface area contributed by atoms with Crippen LogP contribution >= 0.6 is 12.2 Å². The molecule has 27 heavy (non-hydrogen) atoms. The van der Waals surface area contributed by atoms with Crippen LogP contribution in [0.2, 0.25) is 0 Å². The number of unbranched alkanes of at least 4 members (excludes halogenated alkanes) is 3. The zero-order chi connectivity index (χ0) is 19.7. The Morgan fingerprint density at radius 2 is 1.74 bits per heavy atom. The van der Waals surface area contributed by atoms with Gasteiger partial charge in [-0.1, -0.05) is 32.6 Å². The van der Waals surface area contributed by atoms with Crippen LogP contribution in [0.5, 0.6) is 0 Å². The minimum atomic E-state index is -3.44. The van der Waals surface area contributed by atoms with E-state index in [1.54, 1.807) is 28.6 Å². The molecule has 0 radical (unpaired) electrons. The molecule has 1 fully saturated rings. The molecule has 1 aromatic rings. The van der Waals surface area contributed by atoms with Crippen LogP contribution in [0.15, 0.2) is 29.2 Å². The fraction of sp³-hybridized carbons (Fsp3) is 0.579. The highest BCUT2D eigenvalue weighted by molar-refractivity contribution is 7.89. The second-order valence-corrected chi connectivity index (χ2v) is 9.15. The summed E-state index contributed by atoms with van der Waals surface area (Å²) in [5, 5.41) is 5.80. The van der Waals surface area contributed by atoms with Gasteiger partial charge in [-0.25, -0.2) is 8.42 Å². The quantitative estimate of drug-likeness (QED) is 0.504. The molecule has 0 bridgehead atoms. The molecule has 0 aliphatic carbocycles. The Bertz CT molecular complexity index is 727. The Morgan fingerprint density at radius 1 is 1.07 bits per heavy atom. The number of thiocarbonyl (C=S) groups is 1. The minimum absolute atomic E-state index is 0.104. The average molecular weight is 412 g/mol. The van der Waals surface area contributed by atoms with Crippen LogP contribution in [-0.2, 0) is 14.8 Å². The van der Waals surface area contributed by atoms with Gasteiger partial charge in [0.1, 0.15) is 0 Å². The summed E-state index contributed by atoms with van der Waals surface area (Å²) in [6, 6.07) is 6.47. The van der Waals surface area contributed by atoms with Crippen molar-refractivity contribution >= 4 is 38.9 Å². The first-order chi connectivity index (χ1) is 12.9. The SMILES string of the molecule is CCCCCCC(=O)NC(=S)Nc1ccc(S(=O)(=O)N2CCCCC2)cc1. The van der Waals surface area contributed by atoms with Crippen molar-refractivity contribution in [1.82, 2.24) is 9.62 Å². The summed E-state index contributed by atoms with van der Waals surface area (Å²) in [7, 11) is -3.44. The van der Waals surface area contributed by atoms with Crippen LogP contribution in [0, 0.1) is 0 Å². The predicted molar refractivity (Wildman–Crippen MR) is 112 cm³/mol. The van der Waals surface area contributed by atoms with Gasteiger partial charge in [-0.3, -0.25) is 4.79 Å². The van der Waals surface area contributed by atoms with E-state index < -0.39 is 10.0 Å². The lowest BCUT2D eigenvalue weighted by atomic mass is 10.1. The number of carbonyl (C=O) groups is 1. The van der Waals surface area contributed by atoms with Crippen molar-refractivity contribution in [2.24, 2.45) is 0 Å². The molecule has 1 aliphatic rings. The summed E-state index contributed by atoms with van der Waals surface area (Å²) < 4.78 is 26.8. The summed E-state index contributed by atoms with van der Waals surface area (Å²) in [5.41, 5.74) is 0.642. The highest BCUT2D eigenvalue weighted by Crippen LogP contribution is 2.22. The Kier molecular flexibility index (Phi) is 8.66. The second-order valence-electron chi connectivity index (χ2n) is 6.80. The number of nitrogens with zero attached hydrogens (tertiary/aromatic N) is 1. The summed E-state index contributed by atoms with van der Waals surface area (Å²) in [6.45, 7) is 3.29. The lowest BCUT2D eigenvalue weighted by molar-refractivity contribution is -0.119. The number of anilines is 1. The third-order valence-corrected chi connectivity index (χ3v) is 6.69. The maximum Gasteiger partial charge on any atom is 0.243 e. The maximum atomic E-state index is 12.6. The normalized spacial score (nSPS) is 15.3. The molecule has 0 spiro atoms. The van der Waals surface area contributed by atoms with Gasteiger partial charge in [0.25, 0.3) is 0 Å². The maximum absolute atomic E-state index is 12.6. The van der Waals surface area contributed by atoms with Gasteiger partial charge in [-0.05, 0) is 55.7 Å². The number of amides is 1. The molecular weight excluding hydrogens is 382 g/mol. The van der Waals surface area contributed by atoms with Crippen molar-refractivity contribution in [3.63, 3.8) is 0 Å². The van der Waals surface area contributed by atoms with Gasteiger partial charge in [0.15, 0.2) is 5.11 Å². The largest absolute Gasteiger partial charge is 0.332 e. The molecule has 0 aromatic heterocycles. The summed E-state index contributed by atoms with van der Waals surface area (Å²) in [4.78, 5) is 12.1. The fourth-order valence-corrected chi connectivity index (χ4v) is 4.78. The van der Waals surface area contributed by atoms with Crippen LogP contribution in [0.25, 0.3) is 0 Å². The van der Waals surface area contributed by atoms with Gasteiger partial charge >= 0.3 is 0 Å². The molecule has 1 amide bonds. The van der Waals surface area contributed by atoms with E-state index in [0.717, 1.165) is 44.9 Å². The standard InChI is InChI=1S/C19H29N3O3S2/c1-2-3-4-6-9-18(23)21-19(26)20-16-10-12-17(13-11-16)27(24,25)22-14-7-5-8-15-22/h10-13H,2-9,14-15H2,1H3,(H2,20,21,23,26). The fourth-order valence-electron chi connectivity index (χ4n) is 3.03. The van der Waals surface area contributed by atoms with Crippen LogP contribution in [0.4, 0.5) is 5.69 Å². The Labute approximate surface area is 167 Å². The molecule has 1 aromatic carbocycles. The number of hydrogen-bond acceptors (Lipinski definition) is 4. The van der Waals surface area contributed by atoms with E-state index in [0.29, 0.717) is 25.2 Å². The summed E-state index contributed by atoms with van der Waals surface area (Å²) in [5.74, 6) is -0.104. The Morgan fingerprint density at radius 3 is 2.37 bits per heavy atom. The Hall–Kier alpha value is -1.51. The van der Waals surface area contributed by atoms with Crippen molar-refractivity contribution < 1.29 is 13.2 Å². The number of sulfonamides is 1. The molecule has 1 saturated heterocycles. The van der Waals surface area contributed by atoms with E-state index in [2.05, 4.69) is 17.6 Å². The molecule has 0 unspecified atom stereocenters. The zero-order valence-corrected chi connectivity index (χ0v) is 17.5. The van der Waals surface area contributed by atoms with Gasteiger partial charge < -0.3 is 10.6 Å². The third-order valence-electron chi connectivity index (χ3n) is 4.58. The van der Waals surface area contributed by atoms with E-state index in [1.807, 2.05) is 0 Å². The van der Waals surface area contributed by atoms with Crippen LogP contribution in [-0.4, -0.2) is 36.8 Å². The first kappa shape index (κ1) is 21.8.